The topological polar surface area (TPSA) is 25.8 Å². The van der Waals surface area contributed by atoms with E-state index in [4.69, 9.17) is 9.97 Å². The Morgan fingerprint density at radius 2 is 1.18 bits per heavy atom. The van der Waals surface area contributed by atoms with Gasteiger partial charge >= 0.3 is 0 Å². The number of allylic oxidation sites excluding steroid dienone is 8. The van der Waals surface area contributed by atoms with Gasteiger partial charge in [0.05, 0.1) is 11.4 Å². The van der Waals surface area contributed by atoms with Gasteiger partial charge in [-0.3, -0.25) is 0 Å². The first kappa shape index (κ1) is 30.2. The van der Waals surface area contributed by atoms with Crippen LogP contribution in [0.4, 0.5) is 0 Å². The van der Waals surface area contributed by atoms with Crippen molar-refractivity contribution in [3.8, 4) is 44.8 Å². The molecule has 3 aliphatic carbocycles. The monoisotopic (exact) mass is 642 g/mol. The largest absolute Gasteiger partial charge is 0.228 e. The van der Waals surface area contributed by atoms with Crippen molar-refractivity contribution in [1.82, 2.24) is 9.97 Å². The highest BCUT2D eigenvalue weighted by Gasteiger charge is 2.34. The lowest BCUT2D eigenvalue weighted by Gasteiger charge is -2.36. The molecular formula is C48H38N2. The Morgan fingerprint density at radius 1 is 0.520 bits per heavy atom. The molecule has 0 saturated heterocycles. The Balaban J connectivity index is 1.20. The second-order valence-electron chi connectivity index (χ2n) is 13.9. The number of aromatic nitrogens is 2. The predicted octanol–water partition coefficient (Wildman–Crippen LogP) is 12.3. The van der Waals surface area contributed by atoms with Gasteiger partial charge < -0.3 is 0 Å². The summed E-state index contributed by atoms with van der Waals surface area (Å²) in [6.45, 7) is 4.63. The Bertz CT molecular complexity index is 2390. The quantitative estimate of drug-likeness (QED) is 0.187. The summed E-state index contributed by atoms with van der Waals surface area (Å²) in [6.07, 6.45) is 12.7. The Kier molecular flexibility index (Phi) is 7.58. The zero-order valence-corrected chi connectivity index (χ0v) is 28.4. The van der Waals surface area contributed by atoms with Crippen LogP contribution in [0, 0.1) is 11.8 Å². The minimum absolute atomic E-state index is 0.318. The van der Waals surface area contributed by atoms with Gasteiger partial charge in [-0.15, -0.1) is 0 Å². The summed E-state index contributed by atoms with van der Waals surface area (Å²) in [5, 5.41) is 0. The SMILES string of the molecule is CC1C=C(c2nc(-c3cccc(-c4ccccc4)c3)cc(-c3ccccc3C3=CC(C)C4C(=C3)c3ccccc3-c3ccccc34)n2)C=CC1. The number of rotatable bonds is 5. The van der Waals surface area contributed by atoms with E-state index in [0.29, 0.717) is 17.8 Å². The summed E-state index contributed by atoms with van der Waals surface area (Å²) in [6, 6.07) is 48.1. The zero-order chi connectivity index (χ0) is 33.6. The van der Waals surface area contributed by atoms with Crippen LogP contribution >= 0.6 is 0 Å². The maximum Gasteiger partial charge on any atom is 0.160 e. The molecule has 0 amide bonds. The second-order valence-corrected chi connectivity index (χ2v) is 13.9. The molecule has 0 spiro atoms. The van der Waals surface area contributed by atoms with Crippen molar-refractivity contribution in [2.75, 3.05) is 0 Å². The van der Waals surface area contributed by atoms with Crippen LogP contribution in [0.2, 0.25) is 0 Å². The van der Waals surface area contributed by atoms with E-state index in [1.807, 2.05) is 0 Å². The van der Waals surface area contributed by atoms with Gasteiger partial charge in [-0.25, -0.2) is 9.97 Å². The van der Waals surface area contributed by atoms with Gasteiger partial charge in [-0.1, -0.05) is 166 Å². The molecule has 0 radical (unpaired) electrons. The Labute approximate surface area is 294 Å². The highest BCUT2D eigenvalue weighted by molar-refractivity contribution is 5.99. The average molecular weight is 643 g/mol. The van der Waals surface area contributed by atoms with Gasteiger partial charge in [-0.05, 0) is 80.5 Å². The van der Waals surface area contributed by atoms with Gasteiger partial charge in [0.25, 0.3) is 0 Å². The molecule has 5 aromatic carbocycles. The minimum atomic E-state index is 0.318. The van der Waals surface area contributed by atoms with E-state index in [-0.39, 0.29) is 0 Å². The van der Waals surface area contributed by atoms with Crippen molar-refractivity contribution in [3.05, 3.63) is 186 Å². The molecule has 0 fully saturated rings. The van der Waals surface area contributed by atoms with Crippen LogP contribution in [0.5, 0.6) is 0 Å². The standard InChI is InChI=1S/C48H38N2/c1-31-14-12-19-36(26-31)48-49-45(35-18-13-17-34(28-35)33-15-4-3-5-16-33)30-46(50-48)42-24-10-6-20-38(42)37-27-32(2)47-43-25-11-9-22-40(43)39-21-7-8-23-41(39)44(47)29-37/h3-13,15-32,47H,14H2,1-2H3. The van der Waals surface area contributed by atoms with Crippen LogP contribution in [0.1, 0.15) is 48.7 Å². The molecule has 0 saturated carbocycles. The number of benzene rings is 5. The predicted molar refractivity (Wildman–Crippen MR) is 209 cm³/mol. The van der Waals surface area contributed by atoms with Gasteiger partial charge in [-0.2, -0.15) is 0 Å². The van der Waals surface area contributed by atoms with E-state index in [1.165, 1.54) is 50.1 Å². The molecule has 0 bridgehead atoms. The van der Waals surface area contributed by atoms with E-state index in [9.17, 15) is 0 Å². The molecule has 3 atom stereocenters. The first-order valence-electron chi connectivity index (χ1n) is 17.8. The molecule has 0 aliphatic heterocycles. The average Bonchev–Trinajstić information content (AvgIpc) is 3.18. The lowest BCUT2D eigenvalue weighted by atomic mass is 9.67. The fraction of sp³-hybridized carbons (Fsp3) is 0.125. The van der Waals surface area contributed by atoms with Crippen molar-refractivity contribution < 1.29 is 0 Å². The van der Waals surface area contributed by atoms with Gasteiger partial charge in [0.2, 0.25) is 0 Å². The normalized spacial score (nSPS) is 19.0. The molecule has 2 nitrogen and oxygen atoms in total. The number of hydrogen-bond acceptors (Lipinski definition) is 2. The third kappa shape index (κ3) is 5.38. The first-order valence-corrected chi connectivity index (χ1v) is 17.8. The number of fused-ring (bicyclic) bond motifs is 6. The fourth-order valence-corrected chi connectivity index (χ4v) is 8.11. The molecular weight excluding hydrogens is 605 g/mol. The van der Waals surface area contributed by atoms with E-state index in [0.717, 1.165) is 40.3 Å². The van der Waals surface area contributed by atoms with Crippen molar-refractivity contribution in [3.63, 3.8) is 0 Å². The highest BCUT2D eigenvalue weighted by atomic mass is 14.9. The lowest BCUT2D eigenvalue weighted by Crippen LogP contribution is -2.19. The van der Waals surface area contributed by atoms with Crippen LogP contribution in [0.3, 0.4) is 0 Å². The van der Waals surface area contributed by atoms with E-state index >= 15 is 0 Å². The van der Waals surface area contributed by atoms with Crippen molar-refractivity contribution in [1.29, 1.82) is 0 Å². The molecule has 2 heteroatoms. The fourth-order valence-electron chi connectivity index (χ4n) is 8.11. The summed E-state index contributed by atoms with van der Waals surface area (Å²) in [7, 11) is 0. The zero-order valence-electron chi connectivity index (χ0n) is 28.4. The third-order valence-corrected chi connectivity index (χ3v) is 10.5. The Morgan fingerprint density at radius 3 is 2.00 bits per heavy atom. The van der Waals surface area contributed by atoms with Crippen molar-refractivity contribution in [2.24, 2.45) is 11.8 Å². The second kappa shape index (κ2) is 12.5. The highest BCUT2D eigenvalue weighted by Crippen LogP contribution is 2.53. The number of hydrogen-bond donors (Lipinski definition) is 0. The van der Waals surface area contributed by atoms with Gasteiger partial charge in [0.1, 0.15) is 0 Å². The molecule has 3 aliphatic rings. The van der Waals surface area contributed by atoms with Crippen LogP contribution in [0.25, 0.3) is 61.5 Å². The lowest BCUT2D eigenvalue weighted by molar-refractivity contribution is 0.650. The summed E-state index contributed by atoms with van der Waals surface area (Å²) in [4.78, 5) is 10.5. The van der Waals surface area contributed by atoms with E-state index in [2.05, 4.69) is 178 Å². The molecule has 9 rings (SSSR count). The van der Waals surface area contributed by atoms with Crippen molar-refractivity contribution in [2.45, 2.75) is 26.2 Å². The van der Waals surface area contributed by atoms with Crippen LogP contribution < -0.4 is 0 Å². The molecule has 240 valence electrons. The molecule has 6 aromatic rings. The van der Waals surface area contributed by atoms with Gasteiger partial charge in [0, 0.05) is 22.6 Å². The summed E-state index contributed by atoms with van der Waals surface area (Å²) in [5.74, 6) is 1.85. The maximum absolute atomic E-state index is 5.31. The third-order valence-electron chi connectivity index (χ3n) is 10.5. The van der Waals surface area contributed by atoms with E-state index in [1.54, 1.807) is 0 Å². The minimum Gasteiger partial charge on any atom is -0.228 e. The summed E-state index contributed by atoms with van der Waals surface area (Å²) >= 11 is 0. The molecule has 3 unspecified atom stereocenters. The van der Waals surface area contributed by atoms with Crippen LogP contribution in [-0.2, 0) is 0 Å². The van der Waals surface area contributed by atoms with Crippen molar-refractivity contribution >= 4 is 16.7 Å². The van der Waals surface area contributed by atoms with Crippen LogP contribution in [0.15, 0.2) is 164 Å². The molecule has 1 aromatic heterocycles. The molecule has 1 heterocycles. The van der Waals surface area contributed by atoms with Crippen LogP contribution in [-0.4, -0.2) is 9.97 Å². The Hall–Kier alpha value is -5.86. The first-order chi connectivity index (χ1) is 24.6. The summed E-state index contributed by atoms with van der Waals surface area (Å²) < 4.78 is 0. The number of nitrogens with zero attached hydrogens (tertiary/aromatic N) is 2. The van der Waals surface area contributed by atoms with E-state index < -0.39 is 0 Å². The summed E-state index contributed by atoms with van der Waals surface area (Å²) in [5.41, 5.74) is 16.7. The molecule has 0 N–H and O–H groups in total. The maximum atomic E-state index is 5.31. The molecule has 50 heavy (non-hydrogen) atoms. The van der Waals surface area contributed by atoms with Gasteiger partial charge in [0.15, 0.2) is 5.82 Å². The smallest absolute Gasteiger partial charge is 0.160 e.